The van der Waals surface area contributed by atoms with Crippen LogP contribution in [0.2, 0.25) is 0 Å². The Hall–Kier alpha value is -1.85. The van der Waals surface area contributed by atoms with Gasteiger partial charge >= 0.3 is 5.97 Å². The average Bonchev–Trinajstić information content (AvgIpc) is 2.95. The standard InChI is InChI=1S/C20H28N2O2S/c1-4-7-13-22(5-2)14-16-17(15-11-9-8-10-12-15)18(19(21)25-16)20(23)24-6-3/h8-12H,4-7,13-14,21H2,1-3H3. The molecule has 136 valence electrons. The van der Waals surface area contributed by atoms with Crippen LogP contribution in [0.3, 0.4) is 0 Å². The van der Waals surface area contributed by atoms with Gasteiger partial charge in [-0.2, -0.15) is 0 Å². The van der Waals surface area contributed by atoms with Gasteiger partial charge in [-0.05, 0) is 32.0 Å². The summed E-state index contributed by atoms with van der Waals surface area (Å²) in [4.78, 5) is 16.0. The fourth-order valence-corrected chi connectivity index (χ4v) is 3.98. The lowest BCUT2D eigenvalue weighted by atomic mass is 10.0. The summed E-state index contributed by atoms with van der Waals surface area (Å²) in [7, 11) is 0. The maximum absolute atomic E-state index is 12.5. The first-order valence-electron chi connectivity index (χ1n) is 8.98. The minimum absolute atomic E-state index is 0.335. The summed E-state index contributed by atoms with van der Waals surface area (Å²) in [5.74, 6) is -0.335. The average molecular weight is 361 g/mol. The van der Waals surface area contributed by atoms with Crippen LogP contribution in [0.4, 0.5) is 5.00 Å². The van der Waals surface area contributed by atoms with Crippen LogP contribution < -0.4 is 5.73 Å². The lowest BCUT2D eigenvalue weighted by molar-refractivity contribution is 0.0529. The number of ether oxygens (including phenoxy) is 1. The van der Waals surface area contributed by atoms with E-state index in [-0.39, 0.29) is 5.97 Å². The van der Waals surface area contributed by atoms with Crippen LogP contribution in [0.15, 0.2) is 30.3 Å². The Bertz CT molecular complexity index is 683. The highest BCUT2D eigenvalue weighted by molar-refractivity contribution is 7.17. The van der Waals surface area contributed by atoms with Crippen molar-refractivity contribution in [3.63, 3.8) is 0 Å². The van der Waals surface area contributed by atoms with Crippen molar-refractivity contribution < 1.29 is 9.53 Å². The maximum Gasteiger partial charge on any atom is 0.341 e. The smallest absolute Gasteiger partial charge is 0.341 e. The molecular weight excluding hydrogens is 332 g/mol. The number of anilines is 1. The number of rotatable bonds is 9. The molecular formula is C20H28N2O2S. The molecule has 2 N–H and O–H groups in total. The number of thiophene rings is 1. The molecule has 1 heterocycles. The van der Waals surface area contributed by atoms with Crippen LogP contribution >= 0.6 is 11.3 Å². The van der Waals surface area contributed by atoms with Gasteiger partial charge in [0.25, 0.3) is 0 Å². The van der Waals surface area contributed by atoms with E-state index in [2.05, 4.69) is 18.7 Å². The van der Waals surface area contributed by atoms with E-state index in [4.69, 9.17) is 10.5 Å². The van der Waals surface area contributed by atoms with Gasteiger partial charge in [-0.15, -0.1) is 11.3 Å². The molecule has 0 saturated heterocycles. The highest BCUT2D eigenvalue weighted by atomic mass is 32.1. The van der Waals surface area contributed by atoms with Crippen molar-refractivity contribution in [2.75, 3.05) is 25.4 Å². The Morgan fingerprint density at radius 1 is 1.20 bits per heavy atom. The van der Waals surface area contributed by atoms with Gasteiger partial charge < -0.3 is 10.5 Å². The van der Waals surface area contributed by atoms with Gasteiger partial charge in [-0.25, -0.2) is 4.79 Å². The highest BCUT2D eigenvalue weighted by Gasteiger charge is 2.25. The molecule has 0 unspecified atom stereocenters. The third-order valence-corrected chi connectivity index (χ3v) is 5.20. The van der Waals surface area contributed by atoms with Crippen molar-refractivity contribution in [3.8, 4) is 11.1 Å². The quantitative estimate of drug-likeness (QED) is 0.653. The molecule has 5 heteroatoms. The summed E-state index contributed by atoms with van der Waals surface area (Å²) < 4.78 is 5.25. The van der Waals surface area contributed by atoms with E-state index in [0.29, 0.717) is 17.2 Å². The van der Waals surface area contributed by atoms with Crippen LogP contribution in [-0.2, 0) is 11.3 Å². The molecule has 0 atom stereocenters. The number of hydrogen-bond donors (Lipinski definition) is 1. The van der Waals surface area contributed by atoms with Crippen molar-refractivity contribution in [3.05, 3.63) is 40.8 Å². The summed E-state index contributed by atoms with van der Waals surface area (Å²) in [6, 6.07) is 9.99. The van der Waals surface area contributed by atoms with Gasteiger partial charge in [0.05, 0.1) is 6.61 Å². The van der Waals surface area contributed by atoms with E-state index in [1.807, 2.05) is 37.3 Å². The first kappa shape index (κ1) is 19.5. The molecule has 2 rings (SSSR count). The molecule has 2 aromatic rings. The second-order valence-electron chi connectivity index (χ2n) is 5.95. The Kier molecular flexibility index (Phi) is 7.47. The van der Waals surface area contributed by atoms with E-state index < -0.39 is 0 Å². The monoisotopic (exact) mass is 360 g/mol. The number of benzene rings is 1. The number of carbonyl (C=O) groups is 1. The molecule has 0 amide bonds. The second-order valence-corrected chi connectivity index (χ2v) is 7.09. The van der Waals surface area contributed by atoms with Crippen molar-refractivity contribution in [1.82, 2.24) is 4.90 Å². The molecule has 0 spiro atoms. The Labute approximate surface area is 154 Å². The lowest BCUT2D eigenvalue weighted by Crippen LogP contribution is -2.23. The van der Waals surface area contributed by atoms with E-state index in [1.54, 1.807) is 0 Å². The molecule has 0 aliphatic carbocycles. The molecule has 25 heavy (non-hydrogen) atoms. The van der Waals surface area contributed by atoms with Crippen molar-refractivity contribution in [1.29, 1.82) is 0 Å². The second kappa shape index (κ2) is 9.59. The molecule has 0 aliphatic heterocycles. The van der Waals surface area contributed by atoms with Gasteiger partial charge in [0.2, 0.25) is 0 Å². The number of nitrogen functional groups attached to an aromatic ring is 1. The predicted octanol–water partition coefficient (Wildman–Crippen LogP) is 4.80. The van der Waals surface area contributed by atoms with Crippen LogP contribution in [0.25, 0.3) is 11.1 Å². The van der Waals surface area contributed by atoms with Crippen molar-refractivity contribution >= 4 is 22.3 Å². The van der Waals surface area contributed by atoms with Gasteiger partial charge in [0, 0.05) is 17.0 Å². The third kappa shape index (κ3) is 4.83. The van der Waals surface area contributed by atoms with Gasteiger partial charge in [-0.3, -0.25) is 4.90 Å². The number of carbonyl (C=O) groups excluding carboxylic acids is 1. The first-order chi connectivity index (χ1) is 12.1. The zero-order valence-corrected chi connectivity index (χ0v) is 16.2. The zero-order chi connectivity index (χ0) is 18.2. The Morgan fingerprint density at radius 3 is 2.52 bits per heavy atom. The van der Waals surface area contributed by atoms with E-state index >= 15 is 0 Å². The minimum atomic E-state index is -0.335. The summed E-state index contributed by atoms with van der Waals surface area (Å²) in [5, 5.41) is 0.541. The zero-order valence-electron chi connectivity index (χ0n) is 15.4. The number of unbranched alkanes of at least 4 members (excludes halogenated alkanes) is 1. The lowest BCUT2D eigenvalue weighted by Gasteiger charge is -2.20. The number of nitrogens with two attached hydrogens (primary N) is 1. The number of esters is 1. The summed E-state index contributed by atoms with van der Waals surface area (Å²) in [6.07, 6.45) is 2.34. The predicted molar refractivity (Wildman–Crippen MR) is 106 cm³/mol. The normalized spacial score (nSPS) is 11.0. The first-order valence-corrected chi connectivity index (χ1v) is 9.79. The van der Waals surface area contributed by atoms with E-state index in [9.17, 15) is 4.79 Å². The molecule has 4 nitrogen and oxygen atoms in total. The van der Waals surface area contributed by atoms with Crippen LogP contribution in [0, 0.1) is 0 Å². The van der Waals surface area contributed by atoms with Crippen molar-refractivity contribution in [2.24, 2.45) is 0 Å². The van der Waals surface area contributed by atoms with E-state index in [0.717, 1.165) is 35.6 Å². The molecule has 1 aromatic carbocycles. The van der Waals surface area contributed by atoms with Crippen LogP contribution in [0.1, 0.15) is 48.8 Å². The molecule has 0 fully saturated rings. The fourth-order valence-electron chi connectivity index (χ4n) is 2.86. The van der Waals surface area contributed by atoms with Gasteiger partial charge in [-0.1, -0.05) is 50.6 Å². The molecule has 0 aliphatic rings. The summed E-state index contributed by atoms with van der Waals surface area (Å²) in [6.45, 7) is 9.35. The van der Waals surface area contributed by atoms with Gasteiger partial charge in [0.15, 0.2) is 0 Å². The Morgan fingerprint density at radius 2 is 1.92 bits per heavy atom. The van der Waals surface area contributed by atoms with Gasteiger partial charge in [0.1, 0.15) is 10.6 Å². The fraction of sp³-hybridized carbons (Fsp3) is 0.450. The summed E-state index contributed by atoms with van der Waals surface area (Å²) >= 11 is 1.50. The number of hydrogen-bond acceptors (Lipinski definition) is 5. The highest BCUT2D eigenvalue weighted by Crippen LogP contribution is 2.39. The minimum Gasteiger partial charge on any atom is -0.462 e. The third-order valence-electron chi connectivity index (χ3n) is 4.19. The summed E-state index contributed by atoms with van der Waals surface area (Å²) in [5.41, 5.74) is 8.68. The largest absolute Gasteiger partial charge is 0.462 e. The molecule has 0 radical (unpaired) electrons. The topological polar surface area (TPSA) is 55.6 Å². The molecule has 0 bridgehead atoms. The maximum atomic E-state index is 12.5. The molecule has 0 saturated carbocycles. The van der Waals surface area contributed by atoms with Crippen LogP contribution in [0.5, 0.6) is 0 Å². The molecule has 1 aromatic heterocycles. The number of nitrogens with zero attached hydrogens (tertiary/aromatic N) is 1. The van der Waals surface area contributed by atoms with Crippen LogP contribution in [-0.4, -0.2) is 30.6 Å². The van der Waals surface area contributed by atoms with E-state index in [1.165, 1.54) is 24.2 Å². The van der Waals surface area contributed by atoms with Crippen molar-refractivity contribution in [2.45, 2.75) is 40.2 Å². The SMILES string of the molecule is CCCCN(CC)Cc1sc(N)c(C(=O)OCC)c1-c1ccccc1. The Balaban J connectivity index is 2.45.